The Balaban J connectivity index is 0. The van der Waals surface area contributed by atoms with E-state index in [1.165, 1.54) is 51.9 Å². The molecular weight excluding hydrogens is 339 g/mol. The summed E-state index contributed by atoms with van der Waals surface area (Å²) >= 11 is 0. The molecule has 23 heavy (non-hydrogen) atoms. The quantitative estimate of drug-likeness (QED) is 0.267. The van der Waals surface area contributed by atoms with Crippen LogP contribution in [0, 0.1) is 0 Å². The van der Waals surface area contributed by atoms with E-state index in [-0.39, 0.29) is 57.5 Å². The molecule has 1 N–H and O–H groups in total. The Morgan fingerprint density at radius 2 is 1.22 bits per heavy atom. The van der Waals surface area contributed by atoms with Crippen LogP contribution in [0.15, 0.2) is 0 Å². The number of hydrogen-bond donors (Lipinski definition) is 1. The zero-order chi connectivity index (χ0) is 16.8. The van der Waals surface area contributed by atoms with Crippen LogP contribution in [0.25, 0.3) is 0 Å². The molecule has 0 aliphatic rings. The Kier molecular flexibility index (Phi) is 19.7. The molecule has 0 spiro atoms. The summed E-state index contributed by atoms with van der Waals surface area (Å²) in [6, 6.07) is 0. The molecule has 2 atom stereocenters. The maximum Gasteiger partial charge on any atom is 1.00 e. The molecule has 0 aliphatic carbocycles. The summed E-state index contributed by atoms with van der Waals surface area (Å²) in [6.07, 6.45) is 13.3. The van der Waals surface area contributed by atoms with Gasteiger partial charge in [-0.05, 0) is 26.2 Å². The van der Waals surface area contributed by atoms with Gasteiger partial charge in [0.2, 0.25) is 0 Å². The molecule has 0 saturated heterocycles. The first kappa shape index (κ1) is 26.7. The Hall–Kier alpha value is 1.51. The maximum atomic E-state index is 10.7. The number of rotatable bonds is 15. The summed E-state index contributed by atoms with van der Waals surface area (Å²) in [6.45, 7) is 3.68. The van der Waals surface area contributed by atoms with Crippen molar-refractivity contribution in [3.05, 3.63) is 0 Å². The first-order valence-electron chi connectivity index (χ1n) is 9.00. The van der Waals surface area contributed by atoms with Gasteiger partial charge < -0.3 is 9.66 Å². The Morgan fingerprint density at radius 1 is 0.826 bits per heavy atom. The van der Waals surface area contributed by atoms with Gasteiger partial charge in [0.25, 0.3) is 0 Å². The predicted molar refractivity (Wildman–Crippen MR) is 90.9 cm³/mol. The van der Waals surface area contributed by atoms with Crippen LogP contribution >= 0.6 is 0 Å². The van der Waals surface area contributed by atoms with Crippen LogP contribution in [0.2, 0.25) is 0 Å². The molecule has 134 valence electrons. The fourth-order valence-electron chi connectivity index (χ4n) is 2.61. The van der Waals surface area contributed by atoms with Crippen molar-refractivity contribution in [1.29, 1.82) is 0 Å². The van der Waals surface area contributed by atoms with E-state index in [2.05, 4.69) is 6.92 Å². The summed E-state index contributed by atoms with van der Waals surface area (Å²) in [5.74, 6) is 0. The zero-order valence-electron chi connectivity index (χ0n) is 15.4. The van der Waals surface area contributed by atoms with Gasteiger partial charge in [0, 0.05) is 5.25 Å². The fourth-order valence-corrected chi connectivity index (χ4v) is 3.07. The summed E-state index contributed by atoms with van der Waals surface area (Å²) in [4.78, 5) is 0. The second kappa shape index (κ2) is 16.9. The van der Waals surface area contributed by atoms with Crippen LogP contribution in [-0.2, 0) is 10.1 Å². The average molecular weight is 375 g/mol. The molecule has 0 aromatic heterocycles. The van der Waals surface area contributed by atoms with E-state index >= 15 is 0 Å². The molecule has 0 aliphatic heterocycles. The molecule has 0 fully saturated rings. The molecule has 6 heteroatoms. The van der Waals surface area contributed by atoms with Gasteiger partial charge in [-0.2, -0.15) is 0 Å². The second-order valence-electron chi connectivity index (χ2n) is 6.51. The topological polar surface area (TPSA) is 77.4 Å². The van der Waals surface area contributed by atoms with Gasteiger partial charge >= 0.3 is 51.4 Å². The summed E-state index contributed by atoms with van der Waals surface area (Å²) < 4.78 is 32.2. The van der Waals surface area contributed by atoms with Crippen molar-refractivity contribution >= 4 is 10.1 Å². The standard InChI is InChI=1S/C17H36O4S.K/c1-3-4-5-6-7-8-9-10-14-17(18)15-12-11-13-16(2)22(19,20)21;/h16-18H,3-15H2,1-2H3,(H,19,20,21);/q;+1/p-1. The van der Waals surface area contributed by atoms with E-state index in [0.717, 1.165) is 19.3 Å². The molecule has 0 amide bonds. The van der Waals surface area contributed by atoms with Crippen LogP contribution < -0.4 is 51.4 Å². The van der Waals surface area contributed by atoms with Gasteiger partial charge in [-0.25, -0.2) is 8.42 Å². The molecule has 2 unspecified atom stereocenters. The van der Waals surface area contributed by atoms with E-state index < -0.39 is 15.4 Å². The monoisotopic (exact) mass is 374 g/mol. The van der Waals surface area contributed by atoms with Gasteiger partial charge in [-0.15, -0.1) is 0 Å². The number of hydrogen-bond acceptors (Lipinski definition) is 4. The minimum atomic E-state index is -4.15. The Labute approximate surface area is 186 Å². The summed E-state index contributed by atoms with van der Waals surface area (Å²) in [7, 11) is -4.15. The zero-order valence-corrected chi connectivity index (χ0v) is 19.4. The van der Waals surface area contributed by atoms with Crippen molar-refractivity contribution in [3.63, 3.8) is 0 Å². The Bertz CT molecular complexity index is 347. The number of unbranched alkanes of at least 4 members (excludes halogenated alkanes) is 8. The first-order chi connectivity index (χ1) is 10.4. The first-order valence-corrected chi connectivity index (χ1v) is 10.5. The molecule has 0 aromatic carbocycles. The van der Waals surface area contributed by atoms with Crippen molar-refractivity contribution < 1.29 is 69.5 Å². The van der Waals surface area contributed by atoms with Gasteiger partial charge in [0.05, 0.1) is 16.2 Å². The van der Waals surface area contributed by atoms with E-state index in [9.17, 15) is 18.1 Å². The summed E-state index contributed by atoms with van der Waals surface area (Å²) in [5, 5.41) is 9.06. The van der Waals surface area contributed by atoms with Gasteiger partial charge in [-0.1, -0.05) is 71.1 Å². The maximum absolute atomic E-state index is 10.7. The molecule has 4 nitrogen and oxygen atoms in total. The second-order valence-corrected chi connectivity index (χ2v) is 8.30. The smallest absolute Gasteiger partial charge is 0.748 e. The molecule has 0 aromatic rings. The van der Waals surface area contributed by atoms with Gasteiger partial charge in [0.1, 0.15) is 0 Å². The van der Waals surface area contributed by atoms with E-state index in [0.29, 0.717) is 19.3 Å². The molecule has 0 bridgehead atoms. The SMILES string of the molecule is CCCCCCCCCCC(O)CCCCC(C)S(=O)(=O)[O-].[K+]. The molecule has 0 heterocycles. The van der Waals surface area contributed by atoms with Crippen molar-refractivity contribution in [2.24, 2.45) is 0 Å². The number of aliphatic hydroxyl groups is 1. The van der Waals surface area contributed by atoms with Crippen molar-refractivity contribution in [1.82, 2.24) is 0 Å². The third-order valence-electron chi connectivity index (χ3n) is 4.28. The normalized spacial score (nSPS) is 14.3. The number of aliphatic hydroxyl groups excluding tert-OH is 1. The van der Waals surface area contributed by atoms with Crippen LogP contribution in [-0.4, -0.2) is 29.4 Å². The van der Waals surface area contributed by atoms with Crippen molar-refractivity contribution in [2.45, 2.75) is 109 Å². The van der Waals surface area contributed by atoms with Crippen LogP contribution in [0.4, 0.5) is 0 Å². The summed E-state index contributed by atoms with van der Waals surface area (Å²) in [5.41, 5.74) is 0. The largest absolute Gasteiger partial charge is 1.00 e. The van der Waals surface area contributed by atoms with E-state index in [4.69, 9.17) is 0 Å². The fraction of sp³-hybridized carbons (Fsp3) is 1.00. The molecule has 0 rings (SSSR count). The third kappa shape index (κ3) is 18.1. The van der Waals surface area contributed by atoms with E-state index in [1.807, 2.05) is 0 Å². The molecule has 0 radical (unpaired) electrons. The predicted octanol–water partition coefficient (Wildman–Crippen LogP) is 1.38. The minimum Gasteiger partial charge on any atom is -0.748 e. The van der Waals surface area contributed by atoms with Gasteiger partial charge in [0.15, 0.2) is 0 Å². The minimum absolute atomic E-state index is 0. The van der Waals surface area contributed by atoms with Crippen molar-refractivity contribution in [3.8, 4) is 0 Å². The average Bonchev–Trinajstić information content (AvgIpc) is 2.45. The van der Waals surface area contributed by atoms with E-state index in [1.54, 1.807) is 0 Å². The van der Waals surface area contributed by atoms with Crippen LogP contribution in [0.1, 0.15) is 97.3 Å². The molecular formula is C17H35KO4S. The van der Waals surface area contributed by atoms with Crippen molar-refractivity contribution in [2.75, 3.05) is 0 Å². The van der Waals surface area contributed by atoms with Crippen LogP contribution in [0.3, 0.4) is 0 Å². The van der Waals surface area contributed by atoms with Gasteiger partial charge in [-0.3, -0.25) is 0 Å². The third-order valence-corrected chi connectivity index (χ3v) is 5.50. The van der Waals surface area contributed by atoms with Crippen LogP contribution in [0.5, 0.6) is 0 Å². The molecule has 0 saturated carbocycles. The Morgan fingerprint density at radius 3 is 1.70 bits per heavy atom.